The fourth-order valence-corrected chi connectivity index (χ4v) is 4.92. The van der Waals surface area contributed by atoms with E-state index in [2.05, 4.69) is 10.3 Å². The normalized spacial score (nSPS) is 12.6. The van der Waals surface area contributed by atoms with Gasteiger partial charge in [-0.15, -0.1) is 5.10 Å². The molecule has 166 valence electrons. The number of rotatable bonds is 9. The van der Waals surface area contributed by atoms with Crippen LogP contribution in [0.25, 0.3) is 22.2 Å². The fraction of sp³-hybridized carbons (Fsp3) is 0.333. The Balaban J connectivity index is 2.16. The van der Waals surface area contributed by atoms with E-state index < -0.39 is 15.9 Å². The lowest BCUT2D eigenvalue weighted by Crippen LogP contribution is -2.30. The molecule has 0 spiro atoms. The topological polar surface area (TPSA) is 103 Å². The van der Waals surface area contributed by atoms with Crippen molar-refractivity contribution in [3.8, 4) is 16.9 Å². The summed E-state index contributed by atoms with van der Waals surface area (Å²) in [6.45, 7) is 4.32. The van der Waals surface area contributed by atoms with Crippen LogP contribution in [-0.2, 0) is 16.6 Å². The van der Waals surface area contributed by atoms with Crippen LogP contribution in [0.2, 0.25) is 0 Å². The number of benzene rings is 2. The third-order valence-electron chi connectivity index (χ3n) is 4.99. The Morgan fingerprint density at radius 3 is 2.61 bits per heavy atom. The summed E-state index contributed by atoms with van der Waals surface area (Å²) in [5.74, 6) is 0.0827. The van der Waals surface area contributed by atoms with E-state index in [4.69, 9.17) is 10.5 Å². The Labute approximate surface area is 181 Å². The zero-order chi connectivity index (χ0) is 22.6. The van der Waals surface area contributed by atoms with Crippen molar-refractivity contribution in [1.29, 1.82) is 0 Å². The van der Waals surface area contributed by atoms with Gasteiger partial charge in [-0.05, 0) is 30.3 Å². The maximum atomic E-state index is 14.0. The van der Waals surface area contributed by atoms with Gasteiger partial charge in [0.05, 0.1) is 24.1 Å². The van der Waals surface area contributed by atoms with Crippen LogP contribution in [-0.4, -0.2) is 54.5 Å². The summed E-state index contributed by atoms with van der Waals surface area (Å²) >= 11 is 0. The van der Waals surface area contributed by atoms with Gasteiger partial charge in [-0.1, -0.05) is 31.2 Å². The summed E-state index contributed by atoms with van der Waals surface area (Å²) in [7, 11) is -2.14. The van der Waals surface area contributed by atoms with E-state index in [1.807, 2.05) is 0 Å². The Kier molecular flexibility index (Phi) is 7.04. The Hall–Kier alpha value is -2.82. The number of ether oxygens (including phenoxy) is 1. The van der Waals surface area contributed by atoms with Crippen molar-refractivity contribution in [2.45, 2.75) is 25.3 Å². The molecule has 2 aromatic carbocycles. The fourth-order valence-electron chi connectivity index (χ4n) is 3.43. The molecule has 0 atom stereocenters. The number of aromatic nitrogens is 3. The molecule has 1 aromatic heterocycles. The molecule has 0 amide bonds. The molecule has 0 saturated carbocycles. The number of sulfonamides is 1. The number of hydrogen-bond acceptors (Lipinski definition) is 6. The average molecular weight is 448 g/mol. The molecule has 31 heavy (non-hydrogen) atoms. The van der Waals surface area contributed by atoms with Gasteiger partial charge < -0.3 is 10.5 Å². The second-order valence-corrected chi connectivity index (χ2v) is 8.70. The maximum absolute atomic E-state index is 14.0. The SMILES string of the molecule is CCN(CC)S(=O)(=O)c1ccc(OC)c(-c2cccc3c2nnn3C/C(F)=C/CN)c1. The number of allylic oxidation sites excluding steroid dienone is 1. The van der Waals surface area contributed by atoms with Gasteiger partial charge in [0.2, 0.25) is 10.0 Å². The van der Waals surface area contributed by atoms with Crippen LogP contribution in [0.3, 0.4) is 0 Å². The number of nitrogens with two attached hydrogens (primary N) is 1. The Morgan fingerprint density at radius 2 is 1.97 bits per heavy atom. The zero-order valence-corrected chi connectivity index (χ0v) is 18.6. The smallest absolute Gasteiger partial charge is 0.243 e. The second kappa shape index (κ2) is 9.54. The van der Waals surface area contributed by atoms with Crippen molar-refractivity contribution in [1.82, 2.24) is 19.3 Å². The molecule has 8 nitrogen and oxygen atoms in total. The largest absolute Gasteiger partial charge is 0.496 e. The van der Waals surface area contributed by atoms with Crippen LogP contribution in [0.15, 0.2) is 53.2 Å². The third kappa shape index (κ3) is 4.46. The summed E-state index contributed by atoms with van der Waals surface area (Å²) in [6.07, 6.45) is 1.28. The summed E-state index contributed by atoms with van der Waals surface area (Å²) in [4.78, 5) is 0.160. The van der Waals surface area contributed by atoms with Crippen LogP contribution in [0.4, 0.5) is 4.39 Å². The first kappa shape index (κ1) is 22.9. The van der Waals surface area contributed by atoms with E-state index in [-0.39, 0.29) is 18.0 Å². The first-order valence-corrected chi connectivity index (χ1v) is 11.4. The van der Waals surface area contributed by atoms with Crippen LogP contribution < -0.4 is 10.5 Å². The molecule has 0 bridgehead atoms. The molecule has 0 radical (unpaired) electrons. The summed E-state index contributed by atoms with van der Waals surface area (Å²) in [5, 5.41) is 8.28. The van der Waals surface area contributed by atoms with Gasteiger partial charge in [0.1, 0.15) is 17.1 Å². The van der Waals surface area contributed by atoms with Crippen molar-refractivity contribution in [3.63, 3.8) is 0 Å². The van der Waals surface area contributed by atoms with Crippen LogP contribution in [0.1, 0.15) is 13.8 Å². The monoisotopic (exact) mass is 447 g/mol. The number of fused-ring (bicyclic) bond motifs is 1. The number of nitrogens with zero attached hydrogens (tertiary/aromatic N) is 4. The van der Waals surface area contributed by atoms with Crippen molar-refractivity contribution in [3.05, 3.63) is 48.3 Å². The lowest BCUT2D eigenvalue weighted by Gasteiger charge is -2.19. The highest BCUT2D eigenvalue weighted by atomic mass is 32.2. The van der Waals surface area contributed by atoms with E-state index in [1.165, 1.54) is 28.2 Å². The molecule has 0 saturated heterocycles. The van der Waals surface area contributed by atoms with E-state index in [0.29, 0.717) is 41.0 Å². The summed E-state index contributed by atoms with van der Waals surface area (Å²) < 4.78 is 48.3. The van der Waals surface area contributed by atoms with E-state index in [0.717, 1.165) is 0 Å². The molecule has 0 unspecified atom stereocenters. The molecule has 0 aliphatic rings. The number of halogens is 1. The van der Waals surface area contributed by atoms with Gasteiger partial charge in [0, 0.05) is 30.8 Å². The minimum atomic E-state index is -3.66. The second-order valence-electron chi connectivity index (χ2n) is 6.76. The molecule has 0 fully saturated rings. The highest BCUT2D eigenvalue weighted by Crippen LogP contribution is 2.36. The van der Waals surface area contributed by atoms with Gasteiger partial charge in [-0.25, -0.2) is 17.5 Å². The van der Waals surface area contributed by atoms with Crippen molar-refractivity contribution in [2.24, 2.45) is 5.73 Å². The number of hydrogen-bond donors (Lipinski definition) is 1. The first-order chi connectivity index (χ1) is 14.9. The van der Waals surface area contributed by atoms with Crippen molar-refractivity contribution < 1.29 is 17.5 Å². The Morgan fingerprint density at radius 1 is 1.23 bits per heavy atom. The molecule has 3 rings (SSSR count). The van der Waals surface area contributed by atoms with Gasteiger partial charge in [0.15, 0.2) is 0 Å². The molecule has 10 heteroatoms. The minimum Gasteiger partial charge on any atom is -0.496 e. The molecule has 2 N–H and O–H groups in total. The molecule has 0 aliphatic heterocycles. The maximum Gasteiger partial charge on any atom is 0.243 e. The lowest BCUT2D eigenvalue weighted by molar-refractivity contribution is 0.415. The lowest BCUT2D eigenvalue weighted by atomic mass is 10.0. The quantitative estimate of drug-likeness (QED) is 0.541. The zero-order valence-electron chi connectivity index (χ0n) is 17.7. The Bertz CT molecular complexity index is 1200. The predicted molar refractivity (Wildman–Crippen MR) is 118 cm³/mol. The van der Waals surface area contributed by atoms with E-state index in [9.17, 15) is 12.8 Å². The first-order valence-electron chi connectivity index (χ1n) is 9.92. The number of methoxy groups -OCH3 is 1. The molecule has 3 aromatic rings. The van der Waals surface area contributed by atoms with E-state index >= 15 is 0 Å². The molecular weight excluding hydrogens is 421 g/mol. The molecular formula is C21H26FN5O3S. The predicted octanol–water partition coefficient (Wildman–Crippen LogP) is 2.95. The van der Waals surface area contributed by atoms with Crippen molar-refractivity contribution >= 4 is 21.1 Å². The average Bonchev–Trinajstić information content (AvgIpc) is 3.17. The molecule has 0 aliphatic carbocycles. The minimum absolute atomic E-state index is 0.0920. The third-order valence-corrected chi connectivity index (χ3v) is 7.04. The van der Waals surface area contributed by atoms with Gasteiger partial charge in [-0.3, -0.25) is 0 Å². The summed E-state index contributed by atoms with van der Waals surface area (Å²) in [5.41, 5.74) is 7.69. The van der Waals surface area contributed by atoms with Gasteiger partial charge in [-0.2, -0.15) is 4.31 Å². The summed E-state index contributed by atoms with van der Waals surface area (Å²) in [6, 6.07) is 10.1. The van der Waals surface area contributed by atoms with Crippen molar-refractivity contribution in [2.75, 3.05) is 26.7 Å². The molecule has 1 heterocycles. The highest BCUT2D eigenvalue weighted by molar-refractivity contribution is 7.89. The van der Waals surface area contributed by atoms with Gasteiger partial charge >= 0.3 is 0 Å². The van der Waals surface area contributed by atoms with Crippen LogP contribution in [0, 0.1) is 0 Å². The van der Waals surface area contributed by atoms with Gasteiger partial charge in [0.25, 0.3) is 0 Å². The van der Waals surface area contributed by atoms with Crippen LogP contribution >= 0.6 is 0 Å². The highest BCUT2D eigenvalue weighted by Gasteiger charge is 2.24. The van der Waals surface area contributed by atoms with Crippen LogP contribution in [0.5, 0.6) is 5.75 Å². The van der Waals surface area contributed by atoms with E-state index in [1.54, 1.807) is 44.2 Å². The standard InChI is InChI=1S/C21H26FN5O3S/c1-4-26(5-2)31(28,29)16-9-10-20(30-3)18(13-16)17-7-6-8-19-21(17)24-25-27(19)14-15(22)11-12-23/h6-11,13H,4-5,12,14,23H2,1-3H3/b15-11-.